The molecule has 2 aromatic heterocycles. The van der Waals surface area contributed by atoms with Gasteiger partial charge >= 0.3 is 0 Å². The second-order valence-electron chi connectivity index (χ2n) is 6.81. The van der Waals surface area contributed by atoms with Crippen LogP contribution in [0, 0.1) is 0 Å². The second-order valence-corrected chi connectivity index (χ2v) is 6.81. The van der Waals surface area contributed by atoms with Crippen molar-refractivity contribution in [2.45, 2.75) is 44.4 Å². The number of hydrogen-bond donors (Lipinski definition) is 0. The molecule has 1 amide bonds. The topological polar surface area (TPSA) is 73.1 Å². The summed E-state index contributed by atoms with van der Waals surface area (Å²) in [7, 11) is 0. The van der Waals surface area contributed by atoms with E-state index >= 15 is 0 Å². The molecule has 24 heavy (non-hydrogen) atoms. The molecule has 2 aliphatic heterocycles. The predicted octanol–water partition coefficient (Wildman–Crippen LogP) is 1.15. The summed E-state index contributed by atoms with van der Waals surface area (Å²) < 4.78 is 7.83. The monoisotopic (exact) mass is 325 g/mol. The smallest absolute Gasteiger partial charge is 0.255 e. The summed E-state index contributed by atoms with van der Waals surface area (Å²) in [5, 5.41) is 8.17. The SMILES string of the molecule is O=C(c1cnc2c(c1)CCC2)N1CC[C@H]2OCc3cnnn3[C@@H]2C1. The molecule has 0 radical (unpaired) electrons. The number of amides is 1. The molecule has 4 heterocycles. The van der Waals surface area contributed by atoms with Crippen LogP contribution in [-0.2, 0) is 24.2 Å². The molecular formula is C17H19N5O2. The Morgan fingerprint density at radius 1 is 1.29 bits per heavy atom. The second kappa shape index (κ2) is 5.37. The first-order chi connectivity index (χ1) is 11.8. The van der Waals surface area contributed by atoms with Crippen molar-refractivity contribution in [1.82, 2.24) is 24.9 Å². The van der Waals surface area contributed by atoms with E-state index in [0.29, 0.717) is 25.3 Å². The normalized spacial score (nSPS) is 25.1. The van der Waals surface area contributed by atoms with Crippen LogP contribution in [0.2, 0.25) is 0 Å². The van der Waals surface area contributed by atoms with E-state index in [1.165, 1.54) is 5.56 Å². The Bertz CT molecular complexity index is 802. The third kappa shape index (κ3) is 2.15. The molecular weight excluding hydrogens is 306 g/mol. The summed E-state index contributed by atoms with van der Waals surface area (Å²) in [5.74, 6) is 0.0582. The molecule has 1 fully saturated rings. The maximum absolute atomic E-state index is 12.9. The zero-order valence-electron chi connectivity index (χ0n) is 13.4. The number of pyridine rings is 1. The molecule has 1 aliphatic carbocycles. The summed E-state index contributed by atoms with van der Waals surface area (Å²) in [4.78, 5) is 19.3. The molecule has 7 heteroatoms. The molecule has 3 aliphatic rings. The number of fused-ring (bicyclic) bond motifs is 4. The average Bonchev–Trinajstić information content (AvgIpc) is 3.28. The lowest BCUT2D eigenvalue weighted by Crippen LogP contribution is -2.49. The van der Waals surface area contributed by atoms with Crippen LogP contribution in [0.25, 0.3) is 0 Å². The number of carbonyl (C=O) groups excluding carboxylic acids is 1. The number of piperidine rings is 1. The number of likely N-dealkylation sites (tertiary alicyclic amines) is 1. The van der Waals surface area contributed by atoms with E-state index in [0.717, 1.165) is 37.1 Å². The lowest BCUT2D eigenvalue weighted by Gasteiger charge is -2.41. The van der Waals surface area contributed by atoms with Crippen molar-refractivity contribution < 1.29 is 9.53 Å². The van der Waals surface area contributed by atoms with E-state index in [9.17, 15) is 4.79 Å². The number of nitrogens with zero attached hydrogens (tertiary/aromatic N) is 5. The molecule has 0 saturated carbocycles. The van der Waals surface area contributed by atoms with Gasteiger partial charge in [0.05, 0.1) is 36.2 Å². The predicted molar refractivity (Wildman–Crippen MR) is 84.4 cm³/mol. The van der Waals surface area contributed by atoms with Crippen molar-refractivity contribution in [3.05, 3.63) is 41.0 Å². The fourth-order valence-electron chi connectivity index (χ4n) is 4.09. The van der Waals surface area contributed by atoms with Crippen LogP contribution in [0.1, 0.15) is 46.2 Å². The number of aromatic nitrogens is 4. The van der Waals surface area contributed by atoms with E-state index in [-0.39, 0.29) is 18.1 Å². The number of hydrogen-bond acceptors (Lipinski definition) is 5. The van der Waals surface area contributed by atoms with Gasteiger partial charge in [0.15, 0.2) is 0 Å². The fraction of sp³-hybridized carbons (Fsp3) is 0.529. The summed E-state index contributed by atoms with van der Waals surface area (Å²) >= 11 is 0. The van der Waals surface area contributed by atoms with Crippen LogP contribution in [0.4, 0.5) is 0 Å². The average molecular weight is 325 g/mol. The number of aryl methyl sites for hydroxylation is 2. The highest BCUT2D eigenvalue weighted by atomic mass is 16.5. The molecule has 0 bridgehead atoms. The van der Waals surface area contributed by atoms with E-state index in [1.807, 2.05) is 15.6 Å². The zero-order valence-corrected chi connectivity index (χ0v) is 13.4. The van der Waals surface area contributed by atoms with Crippen molar-refractivity contribution in [3.8, 4) is 0 Å². The molecule has 0 unspecified atom stereocenters. The van der Waals surface area contributed by atoms with Gasteiger partial charge in [-0.05, 0) is 37.3 Å². The maximum atomic E-state index is 12.9. The number of carbonyl (C=O) groups is 1. The van der Waals surface area contributed by atoms with E-state index in [4.69, 9.17) is 4.74 Å². The van der Waals surface area contributed by atoms with Gasteiger partial charge in [-0.15, -0.1) is 5.10 Å². The van der Waals surface area contributed by atoms with Gasteiger partial charge in [-0.1, -0.05) is 5.21 Å². The van der Waals surface area contributed by atoms with Crippen LogP contribution >= 0.6 is 0 Å². The van der Waals surface area contributed by atoms with Gasteiger partial charge in [-0.2, -0.15) is 0 Å². The highest BCUT2D eigenvalue weighted by molar-refractivity contribution is 5.94. The summed E-state index contributed by atoms with van der Waals surface area (Å²) in [5.41, 5.74) is 4.06. The standard InChI is InChI=1S/C17H19N5O2/c23-17(12-6-11-2-1-3-14(11)18-7-12)21-5-4-16-15(9-21)22-13(10-24-16)8-19-20-22/h6-8,15-16H,1-5,9-10H2/t15-,16-/m1/s1. The van der Waals surface area contributed by atoms with Gasteiger partial charge in [0.1, 0.15) is 0 Å². The number of ether oxygens (including phenoxy) is 1. The van der Waals surface area contributed by atoms with Crippen molar-refractivity contribution >= 4 is 5.91 Å². The highest BCUT2D eigenvalue weighted by Crippen LogP contribution is 2.31. The maximum Gasteiger partial charge on any atom is 0.255 e. The third-order valence-electron chi connectivity index (χ3n) is 5.38. The molecule has 124 valence electrons. The van der Waals surface area contributed by atoms with Crippen molar-refractivity contribution in [1.29, 1.82) is 0 Å². The van der Waals surface area contributed by atoms with E-state index in [2.05, 4.69) is 15.3 Å². The molecule has 0 aromatic carbocycles. The zero-order chi connectivity index (χ0) is 16.1. The molecule has 5 rings (SSSR count). The van der Waals surface area contributed by atoms with Gasteiger partial charge in [-0.3, -0.25) is 9.78 Å². The highest BCUT2D eigenvalue weighted by Gasteiger charge is 2.38. The van der Waals surface area contributed by atoms with Crippen molar-refractivity contribution in [3.63, 3.8) is 0 Å². The lowest BCUT2D eigenvalue weighted by atomic mass is 9.99. The Morgan fingerprint density at radius 2 is 2.25 bits per heavy atom. The molecule has 1 saturated heterocycles. The van der Waals surface area contributed by atoms with Crippen LogP contribution in [0.3, 0.4) is 0 Å². The Balaban J connectivity index is 1.39. The number of rotatable bonds is 1. The molecule has 7 nitrogen and oxygen atoms in total. The Hall–Kier alpha value is -2.28. The van der Waals surface area contributed by atoms with Crippen molar-refractivity contribution in [2.24, 2.45) is 0 Å². The minimum absolute atomic E-state index is 0.0522. The Labute approximate surface area is 139 Å². The van der Waals surface area contributed by atoms with Gasteiger partial charge in [0, 0.05) is 25.0 Å². The first-order valence-electron chi connectivity index (χ1n) is 8.57. The molecule has 2 aromatic rings. The molecule has 0 spiro atoms. The lowest BCUT2D eigenvalue weighted by molar-refractivity contribution is -0.0605. The van der Waals surface area contributed by atoms with Gasteiger partial charge in [0.25, 0.3) is 5.91 Å². The third-order valence-corrected chi connectivity index (χ3v) is 5.38. The molecule has 2 atom stereocenters. The van der Waals surface area contributed by atoms with Gasteiger partial charge < -0.3 is 9.64 Å². The first kappa shape index (κ1) is 14.1. The van der Waals surface area contributed by atoms with Crippen LogP contribution in [-0.4, -0.2) is 50.0 Å². The van der Waals surface area contributed by atoms with Crippen LogP contribution < -0.4 is 0 Å². The Morgan fingerprint density at radius 3 is 3.21 bits per heavy atom. The fourth-order valence-corrected chi connectivity index (χ4v) is 4.09. The van der Waals surface area contributed by atoms with Crippen LogP contribution in [0.15, 0.2) is 18.5 Å². The summed E-state index contributed by atoms with van der Waals surface area (Å²) in [6.45, 7) is 1.87. The first-order valence-corrected chi connectivity index (χ1v) is 8.57. The van der Waals surface area contributed by atoms with E-state index < -0.39 is 0 Å². The minimum atomic E-state index is 0.0522. The Kier molecular flexibility index (Phi) is 3.16. The van der Waals surface area contributed by atoms with E-state index in [1.54, 1.807) is 12.4 Å². The van der Waals surface area contributed by atoms with Gasteiger partial charge in [-0.25, -0.2) is 4.68 Å². The summed E-state index contributed by atoms with van der Waals surface area (Å²) in [6, 6.07) is 2.08. The van der Waals surface area contributed by atoms with Crippen molar-refractivity contribution in [2.75, 3.05) is 13.1 Å². The molecule has 0 N–H and O–H groups in total. The van der Waals surface area contributed by atoms with Crippen LogP contribution in [0.5, 0.6) is 0 Å². The minimum Gasteiger partial charge on any atom is -0.370 e. The van der Waals surface area contributed by atoms with Gasteiger partial charge in [0.2, 0.25) is 0 Å². The largest absolute Gasteiger partial charge is 0.370 e. The quantitative estimate of drug-likeness (QED) is 0.786. The summed E-state index contributed by atoms with van der Waals surface area (Å²) in [6.07, 6.45) is 7.61.